The molecule has 1 aromatic rings. The lowest BCUT2D eigenvalue weighted by atomic mass is 9.99. The molecule has 0 saturated carbocycles. The number of unbranched alkanes of at least 4 members (excludes halogenated alkanes) is 5. The van der Waals surface area contributed by atoms with E-state index in [1.165, 1.54) is 32.1 Å². The number of aliphatic hydroxyl groups is 4. The van der Waals surface area contributed by atoms with E-state index in [0.717, 1.165) is 12.2 Å². The highest BCUT2D eigenvalue weighted by Gasteiger charge is 2.43. The maximum absolute atomic E-state index is 9.89. The minimum absolute atomic E-state index is 0.0695. The Hall–Kier alpha value is -1.38. The summed E-state index contributed by atoms with van der Waals surface area (Å²) < 4.78 is 16.3. The van der Waals surface area contributed by atoms with E-state index in [-0.39, 0.29) is 6.61 Å². The van der Waals surface area contributed by atoms with Crippen LogP contribution in [0.15, 0.2) is 24.3 Å². The number of rotatable bonds is 11. The Labute approximate surface area is 160 Å². The van der Waals surface area contributed by atoms with Gasteiger partial charge in [0.1, 0.15) is 42.5 Å². The van der Waals surface area contributed by atoms with Crippen LogP contribution in [-0.2, 0) is 4.74 Å². The molecule has 0 amide bonds. The molecule has 7 heteroatoms. The molecule has 1 saturated heterocycles. The van der Waals surface area contributed by atoms with E-state index in [9.17, 15) is 20.4 Å². The molecule has 154 valence electrons. The summed E-state index contributed by atoms with van der Waals surface area (Å²) >= 11 is 0. The molecule has 0 spiro atoms. The molecular weight excluding hydrogens is 352 g/mol. The Morgan fingerprint density at radius 2 is 1.37 bits per heavy atom. The van der Waals surface area contributed by atoms with Crippen LogP contribution in [-0.4, -0.2) is 64.3 Å². The van der Waals surface area contributed by atoms with Gasteiger partial charge in [0, 0.05) is 0 Å². The van der Waals surface area contributed by atoms with Crippen LogP contribution in [0, 0.1) is 0 Å². The SMILES string of the molecule is CCCCCCCCOc1ccc(OC[C@H]2O[C@H](O)[C@H](O)[C@@H](O)[C@H]2O)cc1. The minimum Gasteiger partial charge on any atom is -0.494 e. The fourth-order valence-corrected chi connectivity index (χ4v) is 2.95. The molecule has 27 heavy (non-hydrogen) atoms. The number of benzene rings is 1. The second-order valence-electron chi connectivity index (χ2n) is 6.94. The third-order valence-corrected chi connectivity index (χ3v) is 4.69. The maximum atomic E-state index is 9.89. The summed E-state index contributed by atoms with van der Waals surface area (Å²) in [6.07, 6.45) is 0.421. The van der Waals surface area contributed by atoms with Crippen molar-refractivity contribution < 1.29 is 34.6 Å². The van der Waals surface area contributed by atoms with Crippen molar-refractivity contribution in [3.8, 4) is 11.5 Å². The van der Waals surface area contributed by atoms with Gasteiger partial charge in [0.25, 0.3) is 0 Å². The van der Waals surface area contributed by atoms with E-state index >= 15 is 0 Å². The Kier molecular flexibility index (Phi) is 9.30. The van der Waals surface area contributed by atoms with Crippen molar-refractivity contribution in [2.75, 3.05) is 13.2 Å². The van der Waals surface area contributed by atoms with Crippen LogP contribution in [0.3, 0.4) is 0 Å². The zero-order valence-electron chi connectivity index (χ0n) is 15.9. The van der Waals surface area contributed by atoms with Gasteiger partial charge in [-0.1, -0.05) is 39.0 Å². The number of hydrogen-bond acceptors (Lipinski definition) is 7. The van der Waals surface area contributed by atoms with Crippen LogP contribution in [0.1, 0.15) is 45.4 Å². The predicted octanol–water partition coefficient (Wildman–Crippen LogP) is 1.60. The first-order valence-corrected chi connectivity index (χ1v) is 9.76. The zero-order valence-corrected chi connectivity index (χ0v) is 15.9. The first-order chi connectivity index (χ1) is 13.0. The van der Waals surface area contributed by atoms with Crippen molar-refractivity contribution in [1.29, 1.82) is 0 Å². The summed E-state index contributed by atoms with van der Waals surface area (Å²) in [6.45, 7) is 2.82. The Balaban J connectivity index is 1.68. The summed E-state index contributed by atoms with van der Waals surface area (Å²) in [7, 11) is 0. The number of hydrogen-bond donors (Lipinski definition) is 4. The lowest BCUT2D eigenvalue weighted by Crippen LogP contribution is -2.58. The second-order valence-corrected chi connectivity index (χ2v) is 6.94. The highest BCUT2D eigenvalue weighted by Crippen LogP contribution is 2.22. The Morgan fingerprint density at radius 1 is 0.778 bits per heavy atom. The molecule has 0 bridgehead atoms. The molecule has 0 aromatic heterocycles. The zero-order chi connectivity index (χ0) is 19.6. The fraction of sp³-hybridized carbons (Fsp3) is 0.700. The minimum atomic E-state index is -1.56. The second kappa shape index (κ2) is 11.5. The molecule has 0 unspecified atom stereocenters. The van der Waals surface area contributed by atoms with Crippen molar-refractivity contribution in [2.24, 2.45) is 0 Å². The van der Waals surface area contributed by atoms with Gasteiger partial charge in [-0.3, -0.25) is 0 Å². The molecule has 1 aromatic carbocycles. The van der Waals surface area contributed by atoms with E-state index in [1.54, 1.807) is 24.3 Å². The van der Waals surface area contributed by atoms with Crippen LogP contribution >= 0.6 is 0 Å². The monoisotopic (exact) mass is 384 g/mol. The standard InChI is InChI=1S/C20H32O7/c1-2-3-4-5-6-7-12-25-14-8-10-15(11-9-14)26-13-16-17(21)18(22)19(23)20(24)27-16/h8-11,16-24H,2-7,12-13H2,1H3/t16-,17+,18+,19-,20+/m1/s1. The molecule has 5 atom stereocenters. The van der Waals surface area contributed by atoms with Gasteiger partial charge < -0.3 is 34.6 Å². The van der Waals surface area contributed by atoms with Crippen LogP contribution in [0.4, 0.5) is 0 Å². The molecule has 0 aliphatic carbocycles. The lowest BCUT2D eigenvalue weighted by molar-refractivity contribution is -0.285. The van der Waals surface area contributed by atoms with Crippen LogP contribution < -0.4 is 9.47 Å². The van der Waals surface area contributed by atoms with Crippen LogP contribution in [0.5, 0.6) is 11.5 Å². The van der Waals surface area contributed by atoms with E-state index in [4.69, 9.17) is 14.2 Å². The molecular formula is C20H32O7. The lowest BCUT2D eigenvalue weighted by Gasteiger charge is -2.38. The average Bonchev–Trinajstić information content (AvgIpc) is 2.68. The Morgan fingerprint density at radius 3 is 2.04 bits per heavy atom. The van der Waals surface area contributed by atoms with Gasteiger partial charge in [0.2, 0.25) is 0 Å². The molecule has 1 aliphatic rings. The summed E-state index contributed by atoms with van der Waals surface area (Å²) in [6, 6.07) is 7.09. The van der Waals surface area contributed by atoms with Crippen molar-refractivity contribution in [1.82, 2.24) is 0 Å². The topological polar surface area (TPSA) is 109 Å². The van der Waals surface area contributed by atoms with E-state index < -0.39 is 30.7 Å². The van der Waals surface area contributed by atoms with Gasteiger partial charge in [0.15, 0.2) is 6.29 Å². The largest absolute Gasteiger partial charge is 0.494 e. The molecule has 1 aliphatic heterocycles. The summed E-state index contributed by atoms with van der Waals surface area (Å²) in [5.74, 6) is 1.31. The summed E-state index contributed by atoms with van der Waals surface area (Å²) in [5.41, 5.74) is 0. The molecule has 1 fully saturated rings. The highest BCUT2D eigenvalue weighted by molar-refractivity contribution is 5.31. The van der Waals surface area contributed by atoms with E-state index in [2.05, 4.69) is 6.92 Å². The molecule has 0 radical (unpaired) electrons. The quantitative estimate of drug-likeness (QED) is 0.429. The molecule has 4 N–H and O–H groups in total. The van der Waals surface area contributed by atoms with Gasteiger partial charge in [-0.05, 0) is 30.7 Å². The smallest absolute Gasteiger partial charge is 0.184 e. The van der Waals surface area contributed by atoms with Crippen LogP contribution in [0.25, 0.3) is 0 Å². The first kappa shape index (κ1) is 21.9. The van der Waals surface area contributed by atoms with Crippen molar-refractivity contribution in [3.63, 3.8) is 0 Å². The highest BCUT2D eigenvalue weighted by atomic mass is 16.6. The number of aliphatic hydroxyl groups excluding tert-OH is 4. The molecule has 2 rings (SSSR count). The molecule has 7 nitrogen and oxygen atoms in total. The fourth-order valence-electron chi connectivity index (χ4n) is 2.95. The molecule has 1 heterocycles. The normalized spacial score (nSPS) is 28.1. The average molecular weight is 384 g/mol. The van der Waals surface area contributed by atoms with Crippen molar-refractivity contribution >= 4 is 0 Å². The van der Waals surface area contributed by atoms with Gasteiger partial charge in [-0.15, -0.1) is 0 Å². The van der Waals surface area contributed by atoms with Crippen molar-refractivity contribution in [2.45, 2.75) is 76.2 Å². The maximum Gasteiger partial charge on any atom is 0.184 e. The van der Waals surface area contributed by atoms with Crippen LogP contribution in [0.2, 0.25) is 0 Å². The predicted molar refractivity (Wildman–Crippen MR) is 99.7 cm³/mol. The number of ether oxygens (including phenoxy) is 3. The third-order valence-electron chi connectivity index (χ3n) is 4.69. The first-order valence-electron chi connectivity index (χ1n) is 9.76. The Bertz CT molecular complexity index is 522. The third kappa shape index (κ3) is 6.93. The van der Waals surface area contributed by atoms with E-state index in [1.807, 2.05) is 0 Å². The van der Waals surface area contributed by atoms with E-state index in [0.29, 0.717) is 12.4 Å². The summed E-state index contributed by atoms with van der Waals surface area (Å²) in [5, 5.41) is 38.5. The van der Waals surface area contributed by atoms with Gasteiger partial charge in [-0.25, -0.2) is 0 Å². The van der Waals surface area contributed by atoms with Gasteiger partial charge in [0.05, 0.1) is 6.61 Å². The van der Waals surface area contributed by atoms with Crippen molar-refractivity contribution in [3.05, 3.63) is 24.3 Å². The summed E-state index contributed by atoms with van der Waals surface area (Å²) in [4.78, 5) is 0. The van der Waals surface area contributed by atoms with Gasteiger partial charge in [-0.2, -0.15) is 0 Å². The van der Waals surface area contributed by atoms with Gasteiger partial charge >= 0.3 is 0 Å².